The van der Waals surface area contributed by atoms with Crippen molar-refractivity contribution < 1.29 is 42.2 Å². The zero-order chi connectivity index (χ0) is 39.2. The summed E-state index contributed by atoms with van der Waals surface area (Å²) in [6, 6.07) is 10.8. The number of likely N-dealkylation sites (tertiary alicyclic amines) is 1. The number of amides is 4. The summed E-state index contributed by atoms with van der Waals surface area (Å²) in [4.78, 5) is 66.6. The van der Waals surface area contributed by atoms with Gasteiger partial charge in [0.1, 0.15) is 24.0 Å². The molecule has 0 saturated carbocycles. The lowest BCUT2D eigenvalue weighted by Gasteiger charge is -2.39. The lowest BCUT2D eigenvalue weighted by molar-refractivity contribution is -0.137. The van der Waals surface area contributed by atoms with E-state index in [0.29, 0.717) is 65.2 Å². The minimum atomic E-state index is -4.38. The summed E-state index contributed by atoms with van der Waals surface area (Å²) in [5, 5.41) is 24.0. The molecule has 16 nitrogen and oxygen atoms in total. The number of hydrogen-bond donors (Lipinski definition) is 4. The van der Waals surface area contributed by atoms with E-state index in [1.54, 1.807) is 34.9 Å². The number of halogens is 1. The lowest BCUT2D eigenvalue weighted by atomic mass is 9.87. The summed E-state index contributed by atoms with van der Waals surface area (Å²) < 4.78 is 46.0. The number of carbonyl (C=O) groups excluding carboxylic acids is 4. The smallest absolute Gasteiger partial charge is 0.329 e. The topological polar surface area (TPSA) is 204 Å². The standard InChI is InChI=1S/C36H37FN7O9SSi/c1-40-26-16-22(4-5-24(26)44(34(40)50)25-6-7-28(46)38-33(25)49)41-11-8-35(51,9-12-41)17-30(48)42-13-10-36(55,19-42)21-3-2-20-14-27(45)32(31(37)23(20)15-21)43-18-29(47)39-54(43,52)53/h2-5,14-16,25,45,51H,6-13,17-19H2,1H3,(H,39,47)(H,38,46,49)/t25?,36-/m0/s1. The van der Waals surface area contributed by atoms with Gasteiger partial charge in [-0.1, -0.05) is 12.1 Å². The normalized spacial score (nSPS) is 23.8. The van der Waals surface area contributed by atoms with Gasteiger partial charge in [0, 0.05) is 66.0 Å². The van der Waals surface area contributed by atoms with Crippen LogP contribution in [0.3, 0.4) is 0 Å². The summed E-state index contributed by atoms with van der Waals surface area (Å²) in [5.41, 5.74) is 0.379. The zero-order valence-electron chi connectivity index (χ0n) is 29.7. The van der Waals surface area contributed by atoms with Gasteiger partial charge in [-0.25, -0.2) is 18.2 Å². The minimum Gasteiger partial charge on any atom is -0.506 e. The molecule has 8 rings (SSSR count). The maximum Gasteiger partial charge on any atom is 0.329 e. The predicted octanol–water partition coefficient (Wildman–Crippen LogP) is 0.514. The van der Waals surface area contributed by atoms with Crippen LogP contribution in [0.1, 0.15) is 50.1 Å². The molecule has 0 aliphatic carbocycles. The van der Waals surface area contributed by atoms with E-state index in [1.165, 1.54) is 21.3 Å². The number of imide groups is 1. The van der Waals surface area contributed by atoms with E-state index in [4.69, 9.17) is 0 Å². The SMILES string of the molecule is Cn1c(=O)n(C2CCC(=O)NC2=O)c2ccc(N3CCC(O)(CC(=O)N4CC[C@@]([Si])(c5ccc6cc(O)c(N7CC(=O)NS7(=O)=O)c(F)c6c5)C4)CC3)cc21. The summed E-state index contributed by atoms with van der Waals surface area (Å²) in [6.45, 7) is 0.800. The van der Waals surface area contributed by atoms with Gasteiger partial charge in [0.05, 0.1) is 23.1 Å². The Hall–Kier alpha value is -5.27. The highest BCUT2D eigenvalue weighted by molar-refractivity contribution is 7.92. The van der Waals surface area contributed by atoms with Gasteiger partial charge in [0.15, 0.2) is 5.82 Å². The monoisotopic (exact) mass is 790 g/mol. The number of aromatic nitrogens is 2. The molecule has 0 bridgehead atoms. The Balaban J connectivity index is 0.939. The number of aryl methyl sites for hydroxylation is 1. The summed E-state index contributed by atoms with van der Waals surface area (Å²) in [6.07, 6.45) is 1.37. The average molecular weight is 791 g/mol. The molecule has 287 valence electrons. The Morgan fingerprint density at radius 2 is 1.75 bits per heavy atom. The molecule has 4 fully saturated rings. The first-order valence-electron chi connectivity index (χ1n) is 17.8. The van der Waals surface area contributed by atoms with Crippen LogP contribution < -0.4 is 24.9 Å². The van der Waals surface area contributed by atoms with Gasteiger partial charge in [-0.2, -0.15) is 8.42 Å². The number of anilines is 2. The van der Waals surface area contributed by atoms with Crippen LogP contribution in [-0.2, 0) is 41.5 Å². The number of nitrogens with zero attached hydrogens (tertiary/aromatic N) is 5. The Labute approximate surface area is 317 Å². The van der Waals surface area contributed by atoms with Crippen molar-refractivity contribution in [1.29, 1.82) is 0 Å². The first-order chi connectivity index (χ1) is 26.0. The van der Waals surface area contributed by atoms with Crippen LogP contribution in [0.25, 0.3) is 21.8 Å². The number of aliphatic hydroxyl groups is 1. The van der Waals surface area contributed by atoms with Crippen LogP contribution >= 0.6 is 0 Å². The fraction of sp³-hybridized carbons (Fsp3) is 0.417. The Morgan fingerprint density at radius 1 is 1.00 bits per heavy atom. The Kier molecular flexibility index (Phi) is 8.61. The molecule has 2 atom stereocenters. The molecule has 55 heavy (non-hydrogen) atoms. The molecule has 4 N–H and O–H groups in total. The van der Waals surface area contributed by atoms with Crippen LogP contribution in [0.15, 0.2) is 47.3 Å². The average Bonchev–Trinajstić information content (AvgIpc) is 3.74. The lowest BCUT2D eigenvalue weighted by Crippen LogP contribution is -2.47. The molecule has 4 amide bonds. The molecule has 5 heterocycles. The summed E-state index contributed by atoms with van der Waals surface area (Å²) in [5.74, 6) is -3.61. The second-order valence-corrected chi connectivity index (χ2v) is 17.5. The van der Waals surface area contributed by atoms with Crippen LogP contribution in [0, 0.1) is 5.82 Å². The van der Waals surface area contributed by atoms with Crippen LogP contribution in [-0.4, -0.2) is 105 Å². The molecule has 0 spiro atoms. The van der Waals surface area contributed by atoms with Gasteiger partial charge in [-0.3, -0.25) is 33.6 Å². The largest absolute Gasteiger partial charge is 0.506 e. The second kappa shape index (κ2) is 12.9. The van der Waals surface area contributed by atoms with Crippen molar-refractivity contribution >= 4 is 77.3 Å². The number of carbonyl (C=O) groups is 4. The van der Waals surface area contributed by atoms with Gasteiger partial charge >= 0.3 is 15.9 Å². The molecular formula is C36H37FN7O9SSi. The predicted molar refractivity (Wildman–Crippen MR) is 198 cm³/mol. The van der Waals surface area contributed by atoms with Crippen molar-refractivity contribution in [1.82, 2.24) is 24.1 Å². The third-order valence-corrected chi connectivity index (χ3v) is 13.5. The van der Waals surface area contributed by atoms with Crippen molar-refractivity contribution in [2.45, 2.75) is 55.2 Å². The van der Waals surface area contributed by atoms with Crippen molar-refractivity contribution in [2.24, 2.45) is 7.05 Å². The molecule has 3 aromatic carbocycles. The quantitative estimate of drug-likeness (QED) is 0.158. The Bertz CT molecular complexity index is 2520. The molecule has 3 radical (unpaired) electrons. The number of fused-ring (bicyclic) bond motifs is 2. The van der Waals surface area contributed by atoms with Crippen molar-refractivity contribution in [2.75, 3.05) is 41.9 Å². The van der Waals surface area contributed by atoms with Gasteiger partial charge in [0.25, 0.3) is 5.91 Å². The molecular weight excluding hydrogens is 754 g/mol. The second-order valence-electron chi connectivity index (χ2n) is 14.9. The van der Waals surface area contributed by atoms with Gasteiger partial charge in [-0.15, -0.1) is 0 Å². The number of benzene rings is 3. The van der Waals surface area contributed by atoms with E-state index < -0.39 is 62.5 Å². The molecule has 4 aromatic rings. The molecule has 1 aromatic heterocycles. The fourth-order valence-electron chi connectivity index (χ4n) is 8.30. The number of aromatic hydroxyl groups is 1. The van der Waals surface area contributed by atoms with Crippen molar-refractivity contribution in [3.63, 3.8) is 0 Å². The number of rotatable bonds is 6. The van der Waals surface area contributed by atoms with Crippen LogP contribution in [0.2, 0.25) is 0 Å². The van der Waals surface area contributed by atoms with Crippen LogP contribution in [0.5, 0.6) is 5.75 Å². The fourth-order valence-corrected chi connectivity index (χ4v) is 9.92. The number of hydrogen-bond acceptors (Lipinski definition) is 10. The molecule has 1 unspecified atom stereocenters. The maximum absolute atomic E-state index is 15.9. The van der Waals surface area contributed by atoms with Crippen LogP contribution in [0.4, 0.5) is 15.8 Å². The third-order valence-electron chi connectivity index (χ3n) is 11.4. The highest BCUT2D eigenvalue weighted by atomic mass is 32.2. The van der Waals surface area contributed by atoms with Crippen molar-refractivity contribution in [3.05, 3.63) is 64.3 Å². The first kappa shape index (κ1) is 36.7. The maximum atomic E-state index is 15.9. The number of imidazole rings is 1. The summed E-state index contributed by atoms with van der Waals surface area (Å²) in [7, 11) is 1.09. The van der Waals surface area contributed by atoms with E-state index in [9.17, 15) is 42.6 Å². The van der Waals surface area contributed by atoms with E-state index in [-0.39, 0.29) is 48.7 Å². The number of phenols is 1. The van der Waals surface area contributed by atoms with Crippen molar-refractivity contribution in [3.8, 4) is 5.75 Å². The molecule has 4 aliphatic heterocycles. The van der Waals surface area contributed by atoms with E-state index in [0.717, 1.165) is 5.69 Å². The third kappa shape index (κ3) is 6.23. The number of phenolic OH excluding ortho intramolecular Hbond substituents is 1. The number of nitrogens with one attached hydrogen (secondary N) is 2. The molecule has 4 saturated heterocycles. The minimum absolute atomic E-state index is 0.0246. The van der Waals surface area contributed by atoms with E-state index >= 15 is 4.39 Å². The first-order valence-corrected chi connectivity index (χ1v) is 19.7. The van der Waals surface area contributed by atoms with Gasteiger partial charge in [0.2, 0.25) is 17.7 Å². The molecule has 4 aliphatic rings. The Morgan fingerprint density at radius 3 is 2.44 bits per heavy atom. The highest BCUT2D eigenvalue weighted by Crippen LogP contribution is 2.41. The van der Waals surface area contributed by atoms with E-state index in [2.05, 4.69) is 20.5 Å². The molecule has 19 heteroatoms. The van der Waals surface area contributed by atoms with Gasteiger partial charge in [-0.05, 0) is 67.0 Å². The zero-order valence-corrected chi connectivity index (χ0v) is 31.5. The highest BCUT2D eigenvalue weighted by Gasteiger charge is 2.42. The number of piperidine rings is 2. The summed E-state index contributed by atoms with van der Waals surface area (Å²) >= 11 is 0. The van der Waals surface area contributed by atoms with Gasteiger partial charge < -0.3 is 20.0 Å². The van der Waals surface area contributed by atoms with E-state index in [1.807, 2.05) is 12.1 Å².